The smallest absolute Gasteiger partial charge is 0.475 e. The summed E-state index contributed by atoms with van der Waals surface area (Å²) >= 11 is 0. The average Bonchev–Trinajstić information content (AvgIpc) is 3.25. The molecule has 8 nitrogen and oxygen atoms in total. The summed E-state index contributed by atoms with van der Waals surface area (Å²) in [6.07, 6.45) is -4.46. The molecule has 216 valence electrons. The Hall–Kier alpha value is -3.75. The highest BCUT2D eigenvalue weighted by Gasteiger charge is 2.39. The van der Waals surface area contributed by atoms with Gasteiger partial charge in [0.05, 0.1) is 12.5 Å². The zero-order valence-corrected chi connectivity index (χ0v) is 20.7. The van der Waals surface area contributed by atoms with Crippen molar-refractivity contribution in [1.82, 2.24) is 14.8 Å². The first kappa shape index (κ1) is 33.3. The van der Waals surface area contributed by atoms with Gasteiger partial charge in [-0.05, 0) is 56.3 Å². The van der Waals surface area contributed by atoms with Gasteiger partial charge in [0.15, 0.2) is 0 Å². The number of carbonyl (C=O) groups is 3. The minimum Gasteiger partial charge on any atom is -0.475 e. The van der Waals surface area contributed by atoms with Crippen molar-refractivity contribution in [3.63, 3.8) is 0 Å². The number of carboxylic acid groups (broad SMARTS) is 2. The van der Waals surface area contributed by atoms with Gasteiger partial charge in [0.1, 0.15) is 5.82 Å². The van der Waals surface area contributed by atoms with E-state index in [1.807, 2.05) is 17.2 Å². The van der Waals surface area contributed by atoms with E-state index in [1.54, 1.807) is 18.3 Å². The monoisotopic (exact) mass is 569 g/mol. The Morgan fingerprint density at radius 3 is 1.87 bits per heavy atom. The van der Waals surface area contributed by atoms with Crippen molar-refractivity contribution < 1.29 is 55.3 Å². The van der Waals surface area contributed by atoms with Gasteiger partial charge in [0.25, 0.3) is 0 Å². The van der Waals surface area contributed by atoms with Crippen molar-refractivity contribution >= 4 is 17.8 Å². The van der Waals surface area contributed by atoms with Crippen LogP contribution in [0, 0.1) is 5.82 Å². The highest BCUT2D eigenvalue weighted by molar-refractivity contribution is 5.79. The van der Waals surface area contributed by atoms with E-state index >= 15 is 0 Å². The molecule has 0 spiro atoms. The van der Waals surface area contributed by atoms with E-state index in [1.165, 1.54) is 12.1 Å². The Morgan fingerprint density at radius 1 is 0.949 bits per heavy atom. The molecule has 15 heteroatoms. The Labute approximate surface area is 218 Å². The molecule has 2 N–H and O–H groups in total. The Bertz CT molecular complexity index is 1050. The third-order valence-electron chi connectivity index (χ3n) is 5.42. The first-order chi connectivity index (χ1) is 17.9. The predicted octanol–water partition coefficient (Wildman–Crippen LogP) is 3.80. The van der Waals surface area contributed by atoms with Crippen LogP contribution in [-0.2, 0) is 27.2 Å². The number of aliphatic carboxylic acids is 2. The molecule has 2 heterocycles. The van der Waals surface area contributed by atoms with Gasteiger partial charge in [-0.25, -0.2) is 14.0 Å². The number of nitrogens with zero attached hydrogens (tertiary/aromatic N) is 3. The third-order valence-corrected chi connectivity index (χ3v) is 5.42. The minimum absolute atomic E-state index is 0.102. The maximum atomic E-state index is 13.1. The molecule has 0 saturated carbocycles. The number of benzene rings is 1. The molecule has 0 unspecified atom stereocenters. The van der Waals surface area contributed by atoms with Crippen molar-refractivity contribution in [2.75, 3.05) is 20.6 Å². The van der Waals surface area contributed by atoms with Crippen LogP contribution in [-0.4, -0.2) is 87.9 Å². The summed E-state index contributed by atoms with van der Waals surface area (Å²) in [5.74, 6) is -5.69. The number of pyridine rings is 1. The van der Waals surface area contributed by atoms with Crippen LogP contribution in [0.5, 0.6) is 0 Å². The zero-order chi connectivity index (χ0) is 30.0. The Kier molecular flexibility index (Phi) is 12.3. The number of alkyl halides is 6. The van der Waals surface area contributed by atoms with E-state index in [9.17, 15) is 35.5 Å². The van der Waals surface area contributed by atoms with Crippen LogP contribution in [0.4, 0.5) is 30.7 Å². The fourth-order valence-electron chi connectivity index (χ4n) is 3.63. The quantitative estimate of drug-likeness (QED) is 0.527. The van der Waals surface area contributed by atoms with E-state index in [0.717, 1.165) is 30.5 Å². The SMILES string of the molecule is CN(C)[C@@H]1CCN(C(=O)Cc2ccc(F)cc2)[C@H]1Cc1cccnc1.O=C(O)C(F)(F)F.O=C(O)C(F)(F)F. The van der Waals surface area contributed by atoms with E-state index in [0.29, 0.717) is 12.5 Å². The molecule has 0 aliphatic carbocycles. The summed E-state index contributed by atoms with van der Waals surface area (Å²) in [6, 6.07) is 10.6. The first-order valence-corrected chi connectivity index (χ1v) is 11.1. The zero-order valence-electron chi connectivity index (χ0n) is 20.7. The highest BCUT2D eigenvalue weighted by Crippen LogP contribution is 2.26. The highest BCUT2D eigenvalue weighted by atomic mass is 19.4. The third kappa shape index (κ3) is 11.7. The van der Waals surface area contributed by atoms with Gasteiger partial charge < -0.3 is 20.0 Å². The lowest BCUT2D eigenvalue weighted by atomic mass is 10.00. The van der Waals surface area contributed by atoms with Crippen LogP contribution < -0.4 is 0 Å². The summed E-state index contributed by atoms with van der Waals surface area (Å²) in [7, 11) is 4.13. The van der Waals surface area contributed by atoms with Crippen LogP contribution in [0.1, 0.15) is 17.5 Å². The number of amides is 1. The van der Waals surface area contributed by atoms with Gasteiger partial charge in [-0.3, -0.25) is 9.78 Å². The van der Waals surface area contributed by atoms with Crippen LogP contribution in [0.15, 0.2) is 48.8 Å². The van der Waals surface area contributed by atoms with E-state index in [4.69, 9.17) is 19.8 Å². The lowest BCUT2D eigenvalue weighted by molar-refractivity contribution is -0.193. The van der Waals surface area contributed by atoms with Gasteiger partial charge in [-0.2, -0.15) is 26.3 Å². The molecule has 0 radical (unpaired) electrons. The molecule has 1 aromatic heterocycles. The molecule has 39 heavy (non-hydrogen) atoms. The second-order valence-corrected chi connectivity index (χ2v) is 8.45. The van der Waals surface area contributed by atoms with Crippen LogP contribution in [0.25, 0.3) is 0 Å². The van der Waals surface area contributed by atoms with Crippen molar-refractivity contribution in [3.8, 4) is 0 Å². The van der Waals surface area contributed by atoms with Crippen molar-refractivity contribution in [1.29, 1.82) is 0 Å². The molecule has 1 amide bonds. The number of hydrogen-bond donors (Lipinski definition) is 2. The normalized spacial score (nSPS) is 17.0. The molecular weight excluding hydrogens is 543 g/mol. The topological polar surface area (TPSA) is 111 Å². The fraction of sp³-hybridized carbons (Fsp3) is 0.417. The van der Waals surface area contributed by atoms with Gasteiger partial charge in [0.2, 0.25) is 5.91 Å². The lowest BCUT2D eigenvalue weighted by Crippen LogP contribution is -2.46. The number of carboxylic acids is 2. The summed E-state index contributed by atoms with van der Waals surface area (Å²) in [4.78, 5) is 39.0. The van der Waals surface area contributed by atoms with E-state index in [2.05, 4.69) is 30.0 Å². The summed E-state index contributed by atoms with van der Waals surface area (Å²) in [5, 5.41) is 14.2. The summed E-state index contributed by atoms with van der Waals surface area (Å²) in [5.41, 5.74) is 1.99. The van der Waals surface area contributed by atoms with Gasteiger partial charge in [-0.15, -0.1) is 0 Å². The molecule has 1 saturated heterocycles. The molecular formula is C24H26F7N3O5. The van der Waals surface area contributed by atoms with E-state index < -0.39 is 24.3 Å². The number of carbonyl (C=O) groups excluding carboxylic acids is 1. The Balaban J connectivity index is 0.000000449. The first-order valence-electron chi connectivity index (χ1n) is 11.1. The minimum atomic E-state index is -5.08. The lowest BCUT2D eigenvalue weighted by Gasteiger charge is -2.31. The number of hydrogen-bond acceptors (Lipinski definition) is 5. The summed E-state index contributed by atoms with van der Waals surface area (Å²) < 4.78 is 76.5. The molecule has 0 bridgehead atoms. The predicted molar refractivity (Wildman–Crippen MR) is 123 cm³/mol. The molecule has 1 aromatic carbocycles. The second-order valence-electron chi connectivity index (χ2n) is 8.45. The van der Waals surface area contributed by atoms with E-state index in [-0.39, 0.29) is 17.8 Å². The number of likely N-dealkylation sites (N-methyl/N-ethyl adjacent to an activating group) is 1. The van der Waals surface area contributed by atoms with Crippen molar-refractivity contribution in [2.24, 2.45) is 0 Å². The maximum absolute atomic E-state index is 13.1. The second kappa shape index (κ2) is 14.4. The molecule has 3 rings (SSSR count). The van der Waals surface area contributed by atoms with Crippen molar-refractivity contribution in [3.05, 3.63) is 65.7 Å². The van der Waals surface area contributed by atoms with Crippen molar-refractivity contribution in [2.45, 2.75) is 43.7 Å². The largest absolute Gasteiger partial charge is 0.490 e. The molecule has 1 aliphatic heterocycles. The molecule has 1 aliphatic rings. The van der Waals surface area contributed by atoms with Gasteiger partial charge in [-0.1, -0.05) is 18.2 Å². The van der Waals surface area contributed by atoms with Gasteiger partial charge in [0, 0.05) is 25.0 Å². The number of aromatic nitrogens is 1. The molecule has 2 aromatic rings. The standard InChI is InChI=1S/C20H24FN3O.2C2HF3O2/c1-23(2)18-9-11-24(19(18)12-16-4-3-10-22-14-16)20(25)13-15-5-7-17(21)8-6-15;2*3-2(4,5)1(6)7/h3-8,10,14,18-19H,9,11-13H2,1-2H3;2*(H,6,7)/t18-,19+;;/m1../s1. The number of likely N-dealkylation sites (tertiary alicyclic amines) is 1. The van der Waals surface area contributed by atoms with Gasteiger partial charge >= 0.3 is 24.3 Å². The van der Waals surface area contributed by atoms with Crippen LogP contribution in [0.3, 0.4) is 0 Å². The van der Waals surface area contributed by atoms with Crippen LogP contribution in [0.2, 0.25) is 0 Å². The van der Waals surface area contributed by atoms with Crippen LogP contribution >= 0.6 is 0 Å². The maximum Gasteiger partial charge on any atom is 0.490 e. The fourth-order valence-corrected chi connectivity index (χ4v) is 3.63. The number of halogens is 7. The average molecular weight is 569 g/mol. The number of rotatable bonds is 5. The molecule has 1 fully saturated rings. The summed E-state index contributed by atoms with van der Waals surface area (Å²) in [6.45, 7) is 0.758. The molecule has 2 atom stereocenters. The Morgan fingerprint density at radius 2 is 1.46 bits per heavy atom.